The molecule has 1 heterocycles. The van der Waals surface area contributed by atoms with Gasteiger partial charge in [0.25, 0.3) is 0 Å². The van der Waals surface area contributed by atoms with E-state index in [1.165, 1.54) is 12.8 Å². The SMILES string of the molecule is O=C(O)CN(CC1CC1)C1CC(NC(=O)Nc2cccc(-n3cccn3)c2)C1. The van der Waals surface area contributed by atoms with Crippen molar-refractivity contribution in [2.24, 2.45) is 5.92 Å². The van der Waals surface area contributed by atoms with Crippen molar-refractivity contribution in [2.45, 2.75) is 37.8 Å². The molecule has 3 N–H and O–H groups in total. The smallest absolute Gasteiger partial charge is 0.319 e. The summed E-state index contributed by atoms with van der Waals surface area (Å²) in [5.74, 6) is -0.136. The summed E-state index contributed by atoms with van der Waals surface area (Å²) in [6.07, 6.45) is 7.53. The van der Waals surface area contributed by atoms with E-state index in [1.807, 2.05) is 36.5 Å². The standard InChI is InChI=1S/C20H25N5O3/c26-19(27)13-24(12-14-5-6-14)18-10-16(11-18)23-20(28)22-15-3-1-4-17(9-15)25-8-2-7-21-25/h1-4,7-9,14,16,18H,5-6,10-13H2,(H,26,27)(H2,22,23,28). The van der Waals surface area contributed by atoms with Gasteiger partial charge in [0.1, 0.15) is 0 Å². The Balaban J connectivity index is 1.26. The van der Waals surface area contributed by atoms with Gasteiger partial charge in [0.15, 0.2) is 0 Å². The van der Waals surface area contributed by atoms with E-state index in [0.717, 1.165) is 25.1 Å². The predicted molar refractivity (Wildman–Crippen MR) is 104 cm³/mol. The zero-order valence-corrected chi connectivity index (χ0v) is 15.6. The average molecular weight is 383 g/mol. The molecule has 2 saturated carbocycles. The van der Waals surface area contributed by atoms with E-state index in [2.05, 4.69) is 20.6 Å². The van der Waals surface area contributed by atoms with Crippen molar-refractivity contribution < 1.29 is 14.7 Å². The highest BCUT2D eigenvalue weighted by molar-refractivity contribution is 5.89. The van der Waals surface area contributed by atoms with E-state index in [9.17, 15) is 9.59 Å². The number of carboxylic acids is 1. The molecule has 2 aromatic rings. The largest absolute Gasteiger partial charge is 0.480 e. The van der Waals surface area contributed by atoms with E-state index in [-0.39, 0.29) is 24.7 Å². The zero-order chi connectivity index (χ0) is 19.5. The van der Waals surface area contributed by atoms with Crippen LogP contribution in [-0.4, -0.2) is 57.0 Å². The number of hydrogen-bond donors (Lipinski definition) is 3. The summed E-state index contributed by atoms with van der Waals surface area (Å²) in [6.45, 7) is 0.941. The van der Waals surface area contributed by atoms with Crippen LogP contribution in [0.3, 0.4) is 0 Å². The maximum atomic E-state index is 12.3. The fraction of sp³-hybridized carbons (Fsp3) is 0.450. The third-order valence-corrected chi connectivity index (χ3v) is 5.37. The molecule has 0 bridgehead atoms. The molecule has 0 saturated heterocycles. The Hall–Kier alpha value is -2.87. The summed E-state index contributed by atoms with van der Waals surface area (Å²) < 4.78 is 1.73. The molecule has 28 heavy (non-hydrogen) atoms. The van der Waals surface area contributed by atoms with Gasteiger partial charge >= 0.3 is 12.0 Å². The van der Waals surface area contributed by atoms with Crippen LogP contribution in [0, 0.1) is 5.92 Å². The normalized spacial score (nSPS) is 21.2. The van der Waals surface area contributed by atoms with Crippen LogP contribution in [0.1, 0.15) is 25.7 Å². The lowest BCUT2D eigenvalue weighted by molar-refractivity contribution is -0.139. The van der Waals surface area contributed by atoms with Crippen molar-refractivity contribution in [3.05, 3.63) is 42.7 Å². The zero-order valence-electron chi connectivity index (χ0n) is 15.6. The number of hydrogen-bond acceptors (Lipinski definition) is 4. The quantitative estimate of drug-likeness (QED) is 0.650. The number of amides is 2. The molecule has 4 rings (SSSR count). The van der Waals surface area contributed by atoms with Gasteiger partial charge in [-0.05, 0) is 55.9 Å². The molecule has 2 amide bonds. The van der Waals surface area contributed by atoms with Crippen molar-refractivity contribution in [3.8, 4) is 5.69 Å². The topological polar surface area (TPSA) is 99.5 Å². The van der Waals surface area contributed by atoms with Crippen LogP contribution in [0.2, 0.25) is 0 Å². The summed E-state index contributed by atoms with van der Waals surface area (Å²) in [4.78, 5) is 25.5. The monoisotopic (exact) mass is 383 g/mol. The van der Waals surface area contributed by atoms with Gasteiger partial charge in [-0.1, -0.05) is 6.07 Å². The minimum Gasteiger partial charge on any atom is -0.480 e. The maximum absolute atomic E-state index is 12.3. The number of carbonyl (C=O) groups is 2. The van der Waals surface area contributed by atoms with Crippen LogP contribution in [0.25, 0.3) is 5.69 Å². The Morgan fingerprint density at radius 1 is 1.25 bits per heavy atom. The summed E-state index contributed by atoms with van der Waals surface area (Å²) in [5, 5.41) is 19.2. The number of carboxylic acid groups (broad SMARTS) is 1. The van der Waals surface area contributed by atoms with E-state index < -0.39 is 5.97 Å². The van der Waals surface area contributed by atoms with Crippen molar-refractivity contribution in [1.29, 1.82) is 0 Å². The molecule has 8 nitrogen and oxygen atoms in total. The summed E-state index contributed by atoms with van der Waals surface area (Å²) in [7, 11) is 0. The van der Waals surface area contributed by atoms with Gasteiger partial charge in [0.05, 0.1) is 12.2 Å². The van der Waals surface area contributed by atoms with Crippen molar-refractivity contribution in [1.82, 2.24) is 20.0 Å². The molecule has 8 heteroatoms. The highest BCUT2D eigenvalue weighted by Gasteiger charge is 2.37. The van der Waals surface area contributed by atoms with E-state index in [4.69, 9.17) is 5.11 Å². The summed E-state index contributed by atoms with van der Waals surface area (Å²) in [6, 6.07) is 9.40. The first-order chi connectivity index (χ1) is 13.6. The number of anilines is 1. The number of aliphatic carboxylic acids is 1. The molecule has 2 aliphatic rings. The first-order valence-corrected chi connectivity index (χ1v) is 9.70. The van der Waals surface area contributed by atoms with Gasteiger partial charge in [0.2, 0.25) is 0 Å². The molecule has 148 valence electrons. The molecule has 0 unspecified atom stereocenters. The van der Waals surface area contributed by atoms with E-state index in [0.29, 0.717) is 11.6 Å². The van der Waals surface area contributed by atoms with Crippen molar-refractivity contribution in [2.75, 3.05) is 18.4 Å². The number of carbonyl (C=O) groups excluding carboxylic acids is 1. The van der Waals surface area contributed by atoms with Gasteiger partial charge in [-0.15, -0.1) is 0 Å². The number of aromatic nitrogens is 2. The van der Waals surface area contributed by atoms with E-state index >= 15 is 0 Å². The molecular weight excluding hydrogens is 358 g/mol. The van der Waals surface area contributed by atoms with Gasteiger partial charge in [-0.2, -0.15) is 5.10 Å². The molecule has 0 aliphatic heterocycles. The lowest BCUT2D eigenvalue weighted by atomic mass is 9.85. The van der Waals surface area contributed by atoms with Crippen LogP contribution >= 0.6 is 0 Å². The van der Waals surface area contributed by atoms with Gasteiger partial charge < -0.3 is 15.7 Å². The van der Waals surface area contributed by atoms with Gasteiger partial charge in [0, 0.05) is 36.7 Å². The fourth-order valence-electron chi connectivity index (χ4n) is 3.65. The molecule has 2 fully saturated rings. The minimum absolute atomic E-state index is 0.0785. The first-order valence-electron chi connectivity index (χ1n) is 9.70. The van der Waals surface area contributed by atoms with Crippen LogP contribution in [0.15, 0.2) is 42.7 Å². The Kier molecular flexibility index (Phi) is 5.29. The molecular formula is C20H25N5O3. The van der Waals surface area contributed by atoms with E-state index in [1.54, 1.807) is 10.9 Å². The average Bonchev–Trinajstić information content (AvgIpc) is 3.26. The number of rotatable bonds is 8. The van der Waals surface area contributed by atoms with Crippen LogP contribution in [0.5, 0.6) is 0 Å². The number of urea groups is 1. The predicted octanol–water partition coefficient (Wildman–Crippen LogP) is 2.32. The Morgan fingerprint density at radius 2 is 2.07 bits per heavy atom. The highest BCUT2D eigenvalue weighted by atomic mass is 16.4. The van der Waals surface area contributed by atoms with Crippen LogP contribution in [-0.2, 0) is 4.79 Å². The lowest BCUT2D eigenvalue weighted by Gasteiger charge is -2.42. The molecule has 2 aliphatic carbocycles. The van der Waals surface area contributed by atoms with Crippen LogP contribution in [0.4, 0.5) is 10.5 Å². The first kappa shape index (κ1) is 18.5. The third-order valence-electron chi connectivity index (χ3n) is 5.37. The maximum Gasteiger partial charge on any atom is 0.319 e. The second kappa shape index (κ2) is 8.02. The Bertz CT molecular complexity index is 828. The molecule has 0 radical (unpaired) electrons. The number of nitrogens with zero attached hydrogens (tertiary/aromatic N) is 3. The van der Waals surface area contributed by atoms with Crippen molar-refractivity contribution in [3.63, 3.8) is 0 Å². The second-order valence-electron chi connectivity index (χ2n) is 7.69. The Morgan fingerprint density at radius 3 is 2.75 bits per heavy atom. The van der Waals surface area contributed by atoms with Gasteiger partial charge in [-0.25, -0.2) is 9.48 Å². The highest BCUT2D eigenvalue weighted by Crippen LogP contribution is 2.33. The lowest BCUT2D eigenvalue weighted by Crippen LogP contribution is -2.55. The molecule has 1 aromatic heterocycles. The summed E-state index contributed by atoms with van der Waals surface area (Å²) >= 11 is 0. The van der Waals surface area contributed by atoms with Crippen molar-refractivity contribution >= 4 is 17.7 Å². The minimum atomic E-state index is -0.785. The molecule has 1 aromatic carbocycles. The third kappa shape index (κ3) is 4.69. The summed E-state index contributed by atoms with van der Waals surface area (Å²) in [5.41, 5.74) is 1.57. The molecule has 0 atom stereocenters. The molecule has 0 spiro atoms. The fourth-order valence-corrected chi connectivity index (χ4v) is 3.65. The number of benzene rings is 1. The second-order valence-corrected chi connectivity index (χ2v) is 7.69. The van der Waals surface area contributed by atoms with Gasteiger partial charge in [-0.3, -0.25) is 9.69 Å². The van der Waals surface area contributed by atoms with Crippen LogP contribution < -0.4 is 10.6 Å². The Labute approximate surface area is 163 Å². The number of nitrogens with one attached hydrogen (secondary N) is 2.